The van der Waals surface area contributed by atoms with Gasteiger partial charge >= 0.3 is 6.18 Å². The molecule has 3 nitrogen and oxygen atoms in total. The number of aromatic nitrogens is 2. The molecule has 0 saturated carbocycles. The molecule has 0 atom stereocenters. The van der Waals surface area contributed by atoms with E-state index in [0.717, 1.165) is 19.2 Å². The molecule has 72 valence electrons. The van der Waals surface area contributed by atoms with E-state index in [9.17, 15) is 13.2 Å². The predicted octanol–water partition coefficient (Wildman–Crippen LogP) is 1.12. The molecular formula is C7H8F3N3. The zero-order valence-electron chi connectivity index (χ0n) is 6.65. The molecule has 0 aromatic carbocycles. The lowest BCUT2D eigenvalue weighted by Gasteiger charge is -2.25. The summed E-state index contributed by atoms with van der Waals surface area (Å²) in [6.45, 7) is 1.44. The number of hydrogen-bond acceptors (Lipinski definition) is 2. The molecule has 1 aliphatic heterocycles. The molecular weight excluding hydrogens is 183 g/mol. The Hall–Kier alpha value is -1.04. The first-order valence-corrected chi connectivity index (χ1v) is 3.90. The van der Waals surface area contributed by atoms with Crippen molar-refractivity contribution in [2.45, 2.75) is 12.1 Å². The van der Waals surface area contributed by atoms with E-state index in [1.807, 2.05) is 0 Å². The summed E-state index contributed by atoms with van der Waals surface area (Å²) in [6, 6.07) is 1.07. The molecule has 13 heavy (non-hydrogen) atoms. The van der Waals surface area contributed by atoms with Crippen LogP contribution < -0.4 is 5.32 Å². The second-order valence-corrected chi connectivity index (χ2v) is 3.06. The molecule has 0 unspecified atom stereocenters. The highest BCUT2D eigenvalue weighted by molar-refractivity contribution is 5.18. The fourth-order valence-electron chi connectivity index (χ4n) is 1.20. The van der Waals surface area contributed by atoms with Crippen molar-refractivity contribution in [1.29, 1.82) is 0 Å². The van der Waals surface area contributed by atoms with Gasteiger partial charge in [0.2, 0.25) is 0 Å². The predicted molar refractivity (Wildman–Crippen MR) is 39.2 cm³/mol. The van der Waals surface area contributed by atoms with Crippen molar-refractivity contribution in [1.82, 2.24) is 15.5 Å². The first-order chi connectivity index (χ1) is 6.07. The maximum Gasteiger partial charge on any atom is 0.435 e. The third-order valence-corrected chi connectivity index (χ3v) is 2.11. The summed E-state index contributed by atoms with van der Waals surface area (Å²) in [4.78, 5) is 0. The van der Waals surface area contributed by atoms with E-state index >= 15 is 0 Å². The molecule has 1 fully saturated rings. The van der Waals surface area contributed by atoms with E-state index in [1.165, 1.54) is 0 Å². The van der Waals surface area contributed by atoms with Crippen molar-refractivity contribution in [2.75, 3.05) is 13.1 Å². The van der Waals surface area contributed by atoms with Crippen molar-refractivity contribution < 1.29 is 13.2 Å². The average Bonchev–Trinajstić information content (AvgIpc) is 2.29. The van der Waals surface area contributed by atoms with Gasteiger partial charge in [-0.05, 0) is 6.07 Å². The van der Waals surface area contributed by atoms with Crippen molar-refractivity contribution in [3.8, 4) is 0 Å². The molecule has 0 spiro atoms. The van der Waals surface area contributed by atoms with Gasteiger partial charge in [-0.15, -0.1) is 0 Å². The summed E-state index contributed by atoms with van der Waals surface area (Å²) in [5, 5.41) is 8.60. The summed E-state index contributed by atoms with van der Waals surface area (Å²) >= 11 is 0. The highest BCUT2D eigenvalue weighted by Gasteiger charge is 2.35. The number of alkyl halides is 3. The first kappa shape index (κ1) is 8.55. The van der Waals surface area contributed by atoms with Crippen molar-refractivity contribution in [2.24, 2.45) is 0 Å². The SMILES string of the molecule is FC(F)(F)c1cc(C2CNC2)[nH]n1. The Balaban J connectivity index is 2.17. The third kappa shape index (κ3) is 1.53. The van der Waals surface area contributed by atoms with E-state index in [4.69, 9.17) is 0 Å². The van der Waals surface area contributed by atoms with Gasteiger partial charge < -0.3 is 5.32 Å². The monoisotopic (exact) mass is 191 g/mol. The summed E-state index contributed by atoms with van der Waals surface area (Å²) in [7, 11) is 0. The molecule has 0 radical (unpaired) electrons. The largest absolute Gasteiger partial charge is 0.435 e. The number of H-pyrrole nitrogens is 1. The second-order valence-electron chi connectivity index (χ2n) is 3.06. The lowest BCUT2D eigenvalue weighted by molar-refractivity contribution is -0.141. The number of nitrogens with one attached hydrogen (secondary N) is 2. The van der Waals surface area contributed by atoms with Crippen molar-refractivity contribution in [3.63, 3.8) is 0 Å². The molecule has 2 rings (SSSR count). The zero-order chi connectivity index (χ0) is 9.47. The number of hydrogen-bond donors (Lipinski definition) is 2. The van der Waals surface area contributed by atoms with Crippen LogP contribution in [0.1, 0.15) is 17.3 Å². The number of aromatic amines is 1. The van der Waals surface area contributed by atoms with Crippen molar-refractivity contribution >= 4 is 0 Å². The van der Waals surface area contributed by atoms with Crippen LogP contribution in [-0.2, 0) is 6.18 Å². The number of halogens is 3. The van der Waals surface area contributed by atoms with Gasteiger partial charge in [-0.2, -0.15) is 18.3 Å². The van der Waals surface area contributed by atoms with Crippen molar-refractivity contribution in [3.05, 3.63) is 17.5 Å². The van der Waals surface area contributed by atoms with Crippen LogP contribution in [0.15, 0.2) is 6.07 Å². The van der Waals surface area contributed by atoms with Gasteiger partial charge in [0.1, 0.15) is 0 Å². The number of nitrogens with zero attached hydrogens (tertiary/aromatic N) is 1. The third-order valence-electron chi connectivity index (χ3n) is 2.11. The van der Waals surface area contributed by atoms with E-state index in [1.54, 1.807) is 0 Å². The highest BCUT2D eigenvalue weighted by atomic mass is 19.4. The van der Waals surface area contributed by atoms with Crippen LogP contribution in [0, 0.1) is 0 Å². The van der Waals surface area contributed by atoms with Gasteiger partial charge in [0.25, 0.3) is 0 Å². The number of rotatable bonds is 1. The molecule has 0 aliphatic carbocycles. The van der Waals surface area contributed by atoms with E-state index in [2.05, 4.69) is 15.5 Å². The maximum atomic E-state index is 12.1. The van der Waals surface area contributed by atoms with Crippen LogP contribution in [0.2, 0.25) is 0 Å². The average molecular weight is 191 g/mol. The minimum atomic E-state index is -4.34. The van der Waals surface area contributed by atoms with Crippen LogP contribution >= 0.6 is 0 Å². The minimum Gasteiger partial charge on any atom is -0.315 e. The van der Waals surface area contributed by atoms with E-state index in [-0.39, 0.29) is 5.92 Å². The molecule has 0 amide bonds. The summed E-state index contributed by atoms with van der Waals surface area (Å²) in [5.74, 6) is 0.156. The Morgan fingerprint density at radius 2 is 2.08 bits per heavy atom. The topological polar surface area (TPSA) is 40.7 Å². The fraction of sp³-hybridized carbons (Fsp3) is 0.571. The molecule has 2 N–H and O–H groups in total. The van der Waals surface area contributed by atoms with Crippen LogP contribution in [0.4, 0.5) is 13.2 Å². The molecule has 6 heteroatoms. The van der Waals surface area contributed by atoms with Crippen LogP contribution in [-0.4, -0.2) is 23.3 Å². The van der Waals surface area contributed by atoms with Crippen LogP contribution in [0.3, 0.4) is 0 Å². The Morgan fingerprint density at radius 1 is 1.38 bits per heavy atom. The molecule has 1 aromatic heterocycles. The summed E-state index contributed by atoms with van der Waals surface area (Å²) in [6.07, 6.45) is -4.34. The minimum absolute atomic E-state index is 0.156. The molecule has 2 heterocycles. The standard InChI is InChI=1S/C7H8F3N3/c8-7(9,10)6-1-5(12-13-6)4-2-11-3-4/h1,4,11H,2-3H2,(H,12,13). The van der Waals surface area contributed by atoms with Gasteiger partial charge in [0, 0.05) is 24.7 Å². The Kier molecular flexibility index (Phi) is 1.80. The lowest BCUT2D eigenvalue weighted by Crippen LogP contribution is -2.40. The Morgan fingerprint density at radius 3 is 2.46 bits per heavy atom. The van der Waals surface area contributed by atoms with E-state index in [0.29, 0.717) is 5.69 Å². The Labute approximate surface area is 72.3 Å². The van der Waals surface area contributed by atoms with Gasteiger partial charge in [-0.1, -0.05) is 0 Å². The maximum absolute atomic E-state index is 12.1. The molecule has 0 bridgehead atoms. The fourth-order valence-corrected chi connectivity index (χ4v) is 1.20. The molecule has 1 saturated heterocycles. The smallest absolute Gasteiger partial charge is 0.315 e. The zero-order valence-corrected chi connectivity index (χ0v) is 6.65. The Bertz CT molecular complexity index is 300. The second kappa shape index (κ2) is 2.73. The molecule has 1 aliphatic rings. The van der Waals surface area contributed by atoms with E-state index < -0.39 is 11.9 Å². The molecule has 1 aromatic rings. The van der Waals surface area contributed by atoms with Crippen LogP contribution in [0.25, 0.3) is 0 Å². The van der Waals surface area contributed by atoms with Gasteiger partial charge in [-0.25, -0.2) is 0 Å². The van der Waals surface area contributed by atoms with Crippen LogP contribution in [0.5, 0.6) is 0 Å². The highest BCUT2D eigenvalue weighted by Crippen LogP contribution is 2.29. The van der Waals surface area contributed by atoms with Gasteiger partial charge in [-0.3, -0.25) is 5.10 Å². The first-order valence-electron chi connectivity index (χ1n) is 3.90. The van der Waals surface area contributed by atoms with Gasteiger partial charge in [0.05, 0.1) is 0 Å². The normalized spacial score (nSPS) is 18.7. The quantitative estimate of drug-likeness (QED) is 0.698. The summed E-state index contributed by atoms with van der Waals surface area (Å²) in [5.41, 5.74) is -0.277. The summed E-state index contributed by atoms with van der Waals surface area (Å²) < 4.78 is 36.3. The van der Waals surface area contributed by atoms with Gasteiger partial charge in [0.15, 0.2) is 5.69 Å². The lowest BCUT2D eigenvalue weighted by atomic mass is 9.99.